The van der Waals surface area contributed by atoms with Gasteiger partial charge in [-0.25, -0.2) is 0 Å². The third-order valence-corrected chi connectivity index (χ3v) is 6.06. The number of nitrogens with one attached hydrogen (secondary N) is 1. The first-order valence-electron chi connectivity index (χ1n) is 11.2. The average Bonchev–Trinajstić information content (AvgIpc) is 3.31. The van der Waals surface area contributed by atoms with E-state index in [1.165, 1.54) is 5.56 Å². The van der Waals surface area contributed by atoms with Gasteiger partial charge in [-0.2, -0.15) is 0 Å². The molecule has 2 unspecified atom stereocenters. The van der Waals surface area contributed by atoms with Gasteiger partial charge in [-0.15, -0.1) is 24.0 Å². The predicted molar refractivity (Wildman–Crippen MR) is 132 cm³/mol. The third-order valence-electron chi connectivity index (χ3n) is 6.06. The lowest BCUT2D eigenvalue weighted by molar-refractivity contribution is -0.0817. The van der Waals surface area contributed by atoms with Gasteiger partial charge in [-0.05, 0) is 37.5 Å². The van der Waals surface area contributed by atoms with Crippen molar-refractivity contribution in [3.63, 3.8) is 0 Å². The van der Waals surface area contributed by atoms with Gasteiger partial charge in [0.15, 0.2) is 17.5 Å². The monoisotopic (exact) mass is 545 g/mol. The Morgan fingerprint density at radius 2 is 1.87 bits per heavy atom. The summed E-state index contributed by atoms with van der Waals surface area (Å²) in [6.07, 6.45) is 2.55. The summed E-state index contributed by atoms with van der Waals surface area (Å²) in [6.45, 7) is 12.5. The number of nitrogens with zero attached hydrogens (tertiary/aromatic N) is 2. The smallest absolute Gasteiger partial charge is 0.194 e. The first-order valence-corrected chi connectivity index (χ1v) is 11.2. The molecule has 3 aliphatic rings. The largest absolute Gasteiger partial charge is 0.486 e. The van der Waals surface area contributed by atoms with E-state index in [1.807, 2.05) is 6.07 Å². The van der Waals surface area contributed by atoms with Crippen LogP contribution in [0, 0.1) is 0 Å². The Kier molecular flexibility index (Phi) is 8.69. The van der Waals surface area contributed by atoms with Crippen molar-refractivity contribution >= 4 is 29.9 Å². The van der Waals surface area contributed by atoms with Gasteiger partial charge in [-0.3, -0.25) is 4.99 Å². The van der Waals surface area contributed by atoms with Crippen LogP contribution >= 0.6 is 24.0 Å². The molecule has 0 aromatic heterocycles. The van der Waals surface area contributed by atoms with E-state index in [1.54, 1.807) is 0 Å². The first-order chi connectivity index (χ1) is 14.6. The summed E-state index contributed by atoms with van der Waals surface area (Å²) in [5, 5.41) is 3.47. The minimum Gasteiger partial charge on any atom is -0.486 e. The summed E-state index contributed by atoms with van der Waals surface area (Å²) in [4.78, 5) is 7.34. The fourth-order valence-corrected chi connectivity index (χ4v) is 4.24. The van der Waals surface area contributed by atoms with Crippen LogP contribution in [0.5, 0.6) is 11.5 Å². The molecule has 1 aromatic carbocycles. The molecule has 1 N–H and O–H groups in total. The Hall–Kier alpha value is -1.26. The van der Waals surface area contributed by atoms with Gasteiger partial charge < -0.3 is 29.2 Å². The SMILES string of the molecule is CCNC(=NCC(C)(C)c1ccc2c(c1)OCCO2)N1CCOC(C2CCCO2)C1.I. The molecule has 31 heavy (non-hydrogen) atoms. The minimum absolute atomic E-state index is 0. The molecule has 0 amide bonds. The van der Waals surface area contributed by atoms with Gasteiger partial charge >= 0.3 is 0 Å². The molecule has 2 atom stereocenters. The summed E-state index contributed by atoms with van der Waals surface area (Å²) < 4.78 is 23.3. The highest BCUT2D eigenvalue weighted by Crippen LogP contribution is 2.35. The second-order valence-corrected chi connectivity index (χ2v) is 8.82. The van der Waals surface area contributed by atoms with Crippen molar-refractivity contribution < 1.29 is 18.9 Å². The Bertz CT molecular complexity index is 752. The standard InChI is InChI=1S/C23H35N3O4.HI/c1-4-24-22(26-9-11-28-21(15-26)18-6-5-10-27-18)25-16-23(2,3)17-7-8-19-20(14-17)30-13-12-29-19;/h7-8,14,18,21H,4-6,9-13,15-16H2,1-3H3,(H,24,25);1H. The maximum Gasteiger partial charge on any atom is 0.194 e. The molecule has 0 aliphatic carbocycles. The molecule has 0 bridgehead atoms. The lowest BCUT2D eigenvalue weighted by Crippen LogP contribution is -2.53. The van der Waals surface area contributed by atoms with E-state index in [0.29, 0.717) is 26.4 Å². The molecule has 7 nitrogen and oxygen atoms in total. The zero-order chi connectivity index (χ0) is 21.0. The molecule has 2 fully saturated rings. The number of hydrogen-bond acceptors (Lipinski definition) is 5. The molecule has 0 radical (unpaired) electrons. The summed E-state index contributed by atoms with van der Waals surface area (Å²) in [5.74, 6) is 2.61. The van der Waals surface area contributed by atoms with Gasteiger partial charge in [0, 0.05) is 31.7 Å². The van der Waals surface area contributed by atoms with Gasteiger partial charge in [0.1, 0.15) is 19.3 Å². The normalized spacial score (nSPS) is 24.0. The zero-order valence-corrected chi connectivity index (χ0v) is 21.2. The zero-order valence-electron chi connectivity index (χ0n) is 18.9. The predicted octanol–water partition coefficient (Wildman–Crippen LogP) is 3.20. The Labute approximate surface area is 202 Å². The van der Waals surface area contributed by atoms with Crippen molar-refractivity contribution in [1.82, 2.24) is 10.2 Å². The maximum absolute atomic E-state index is 6.01. The van der Waals surface area contributed by atoms with Crippen molar-refractivity contribution in [3.05, 3.63) is 23.8 Å². The summed E-state index contributed by atoms with van der Waals surface area (Å²) in [5.41, 5.74) is 1.07. The number of benzene rings is 1. The molecule has 0 saturated carbocycles. The molecular formula is C23H36IN3O4. The average molecular weight is 545 g/mol. The van der Waals surface area contributed by atoms with Crippen LogP contribution in [0.3, 0.4) is 0 Å². The van der Waals surface area contributed by atoms with Crippen LogP contribution in [0.4, 0.5) is 0 Å². The molecule has 4 rings (SSSR count). The summed E-state index contributed by atoms with van der Waals surface area (Å²) in [7, 11) is 0. The molecule has 1 aromatic rings. The maximum atomic E-state index is 6.01. The fourth-order valence-electron chi connectivity index (χ4n) is 4.24. The quantitative estimate of drug-likeness (QED) is 0.349. The topological polar surface area (TPSA) is 64.6 Å². The molecule has 0 spiro atoms. The van der Waals surface area contributed by atoms with E-state index in [0.717, 1.165) is 56.5 Å². The van der Waals surface area contributed by atoms with Crippen LogP contribution in [0.2, 0.25) is 0 Å². The molecule has 2 saturated heterocycles. The van der Waals surface area contributed by atoms with E-state index >= 15 is 0 Å². The number of aliphatic imine (C=N–C) groups is 1. The Balaban J connectivity index is 0.00000272. The van der Waals surface area contributed by atoms with Crippen molar-refractivity contribution in [1.29, 1.82) is 0 Å². The lowest BCUT2D eigenvalue weighted by atomic mass is 9.84. The number of rotatable bonds is 5. The second-order valence-electron chi connectivity index (χ2n) is 8.82. The van der Waals surface area contributed by atoms with Crippen LogP contribution in [-0.4, -0.2) is 75.7 Å². The van der Waals surface area contributed by atoms with Gasteiger partial charge in [0.25, 0.3) is 0 Å². The van der Waals surface area contributed by atoms with E-state index in [2.05, 4.69) is 43.1 Å². The number of hydrogen-bond donors (Lipinski definition) is 1. The van der Waals surface area contributed by atoms with E-state index in [9.17, 15) is 0 Å². The fraction of sp³-hybridized carbons (Fsp3) is 0.696. The van der Waals surface area contributed by atoms with Crippen LogP contribution in [0.15, 0.2) is 23.2 Å². The van der Waals surface area contributed by atoms with E-state index in [-0.39, 0.29) is 41.6 Å². The van der Waals surface area contributed by atoms with Crippen molar-refractivity contribution in [2.45, 2.75) is 51.2 Å². The molecule has 3 aliphatic heterocycles. The highest BCUT2D eigenvalue weighted by molar-refractivity contribution is 14.0. The molecular weight excluding hydrogens is 509 g/mol. The van der Waals surface area contributed by atoms with Gasteiger partial charge in [0.05, 0.1) is 19.3 Å². The Morgan fingerprint density at radius 3 is 2.61 bits per heavy atom. The lowest BCUT2D eigenvalue weighted by Gasteiger charge is -2.37. The Morgan fingerprint density at radius 1 is 1.10 bits per heavy atom. The van der Waals surface area contributed by atoms with Gasteiger partial charge in [-0.1, -0.05) is 19.9 Å². The molecule has 8 heteroatoms. The van der Waals surface area contributed by atoms with Gasteiger partial charge in [0.2, 0.25) is 0 Å². The number of halogens is 1. The number of guanidine groups is 1. The van der Waals surface area contributed by atoms with Crippen molar-refractivity contribution in [2.24, 2.45) is 4.99 Å². The first kappa shape index (κ1) is 24.4. The number of fused-ring (bicyclic) bond motifs is 1. The van der Waals surface area contributed by atoms with E-state index in [4.69, 9.17) is 23.9 Å². The molecule has 174 valence electrons. The van der Waals surface area contributed by atoms with E-state index < -0.39 is 0 Å². The third kappa shape index (κ3) is 5.96. The second kappa shape index (κ2) is 11.0. The number of morpholine rings is 1. The molecule has 3 heterocycles. The minimum atomic E-state index is -0.128. The number of ether oxygens (including phenoxy) is 4. The van der Waals surface area contributed by atoms with Crippen molar-refractivity contribution in [3.8, 4) is 11.5 Å². The highest BCUT2D eigenvalue weighted by Gasteiger charge is 2.32. The van der Waals surface area contributed by atoms with Crippen LogP contribution < -0.4 is 14.8 Å². The van der Waals surface area contributed by atoms with Crippen LogP contribution in [-0.2, 0) is 14.9 Å². The van der Waals surface area contributed by atoms with Crippen LogP contribution in [0.1, 0.15) is 39.2 Å². The van der Waals surface area contributed by atoms with Crippen LogP contribution in [0.25, 0.3) is 0 Å². The highest BCUT2D eigenvalue weighted by atomic mass is 127. The van der Waals surface area contributed by atoms with Crippen molar-refractivity contribution in [2.75, 3.05) is 52.6 Å². The summed E-state index contributed by atoms with van der Waals surface area (Å²) >= 11 is 0. The summed E-state index contributed by atoms with van der Waals surface area (Å²) in [6, 6.07) is 6.23.